The Bertz CT molecular complexity index is 569. The van der Waals surface area contributed by atoms with E-state index >= 15 is 0 Å². The fourth-order valence-electron chi connectivity index (χ4n) is 2.55. The van der Waals surface area contributed by atoms with E-state index in [1.807, 2.05) is 24.4 Å². The first-order valence-electron chi connectivity index (χ1n) is 6.66. The monoisotopic (exact) mass is 271 g/mol. The van der Waals surface area contributed by atoms with Crippen molar-refractivity contribution < 1.29 is 4.74 Å². The van der Waals surface area contributed by atoms with Gasteiger partial charge < -0.3 is 4.74 Å². The maximum Gasteiger partial charge on any atom is 0.124 e. The van der Waals surface area contributed by atoms with Gasteiger partial charge in [-0.15, -0.1) is 0 Å². The Labute approximate surface area is 120 Å². The maximum absolute atomic E-state index is 5.76. The van der Waals surface area contributed by atoms with Crippen molar-refractivity contribution in [1.82, 2.24) is 10.4 Å². The van der Waals surface area contributed by atoms with Crippen LogP contribution in [0.3, 0.4) is 0 Å². The summed E-state index contributed by atoms with van der Waals surface area (Å²) in [5.41, 5.74) is 7.49. The van der Waals surface area contributed by atoms with Crippen LogP contribution in [-0.4, -0.2) is 12.1 Å². The topological polar surface area (TPSA) is 60.2 Å². The van der Waals surface area contributed by atoms with E-state index in [0.29, 0.717) is 0 Å². The van der Waals surface area contributed by atoms with Gasteiger partial charge in [0, 0.05) is 18.0 Å². The number of hydrogen-bond acceptors (Lipinski definition) is 4. The highest BCUT2D eigenvalue weighted by atomic mass is 16.5. The van der Waals surface area contributed by atoms with Crippen LogP contribution in [0.4, 0.5) is 0 Å². The Kier molecular flexibility index (Phi) is 4.71. The molecule has 0 fully saturated rings. The molecule has 1 heterocycles. The quantitative estimate of drug-likeness (QED) is 0.648. The van der Waals surface area contributed by atoms with Crippen LogP contribution in [0.1, 0.15) is 28.3 Å². The molecular weight excluding hydrogens is 250 g/mol. The third kappa shape index (κ3) is 3.15. The second-order valence-electron chi connectivity index (χ2n) is 4.98. The highest BCUT2D eigenvalue weighted by Gasteiger charge is 2.18. The van der Waals surface area contributed by atoms with Gasteiger partial charge >= 0.3 is 0 Å². The Hall–Kier alpha value is -1.91. The zero-order valence-corrected chi connectivity index (χ0v) is 12.2. The standard InChI is InChI=1S/C16H21N3O/c1-11-7-12(2)16(15(8-11)20-3)14(19-17)9-13-5-4-6-18-10-13/h4-8,10,14,19H,9,17H2,1-3H3. The molecule has 0 amide bonds. The van der Waals surface area contributed by atoms with Gasteiger partial charge in [-0.1, -0.05) is 12.1 Å². The van der Waals surface area contributed by atoms with Gasteiger partial charge in [0.2, 0.25) is 0 Å². The molecule has 4 nitrogen and oxygen atoms in total. The number of methoxy groups -OCH3 is 1. The Morgan fingerprint density at radius 2 is 2.15 bits per heavy atom. The summed E-state index contributed by atoms with van der Waals surface area (Å²) in [7, 11) is 1.69. The molecular formula is C16H21N3O. The highest BCUT2D eigenvalue weighted by molar-refractivity contribution is 5.45. The first-order valence-corrected chi connectivity index (χ1v) is 6.66. The summed E-state index contributed by atoms with van der Waals surface area (Å²) >= 11 is 0. The average molecular weight is 271 g/mol. The van der Waals surface area contributed by atoms with Crippen LogP contribution in [0, 0.1) is 13.8 Å². The third-order valence-electron chi connectivity index (χ3n) is 3.43. The first-order chi connectivity index (χ1) is 9.65. The summed E-state index contributed by atoms with van der Waals surface area (Å²) in [4.78, 5) is 4.14. The molecule has 106 valence electrons. The van der Waals surface area contributed by atoms with Gasteiger partial charge in [0.15, 0.2) is 0 Å². The Morgan fingerprint density at radius 3 is 2.75 bits per heavy atom. The molecule has 1 aromatic heterocycles. The number of hydrazine groups is 1. The fraction of sp³-hybridized carbons (Fsp3) is 0.312. The molecule has 1 atom stereocenters. The van der Waals surface area contributed by atoms with Crippen molar-refractivity contribution in [2.45, 2.75) is 26.3 Å². The van der Waals surface area contributed by atoms with Gasteiger partial charge in [-0.25, -0.2) is 0 Å². The number of benzene rings is 1. The Morgan fingerprint density at radius 1 is 1.35 bits per heavy atom. The van der Waals surface area contributed by atoms with E-state index in [2.05, 4.69) is 30.3 Å². The van der Waals surface area contributed by atoms with Crippen molar-refractivity contribution in [3.8, 4) is 5.75 Å². The van der Waals surface area contributed by atoms with E-state index in [1.165, 1.54) is 11.1 Å². The van der Waals surface area contributed by atoms with Crippen LogP contribution in [-0.2, 0) is 6.42 Å². The summed E-state index contributed by atoms with van der Waals surface area (Å²) in [5.74, 6) is 6.63. The molecule has 0 aliphatic heterocycles. The number of nitrogens with two attached hydrogens (primary N) is 1. The molecule has 3 N–H and O–H groups in total. The number of nitrogens with one attached hydrogen (secondary N) is 1. The normalized spacial score (nSPS) is 12.2. The summed E-state index contributed by atoms with van der Waals surface area (Å²) < 4.78 is 5.52. The Balaban J connectivity index is 2.37. The molecule has 1 unspecified atom stereocenters. The van der Waals surface area contributed by atoms with Crippen LogP contribution in [0.5, 0.6) is 5.75 Å². The summed E-state index contributed by atoms with van der Waals surface area (Å²) in [6, 6.07) is 8.16. The lowest BCUT2D eigenvalue weighted by atomic mass is 9.94. The number of ether oxygens (including phenoxy) is 1. The highest BCUT2D eigenvalue weighted by Crippen LogP contribution is 2.31. The van der Waals surface area contributed by atoms with E-state index in [1.54, 1.807) is 13.3 Å². The van der Waals surface area contributed by atoms with E-state index in [9.17, 15) is 0 Å². The minimum absolute atomic E-state index is 0.00486. The van der Waals surface area contributed by atoms with Gasteiger partial charge in [-0.05, 0) is 49.1 Å². The number of hydrogen-bond donors (Lipinski definition) is 2. The smallest absolute Gasteiger partial charge is 0.124 e. The van der Waals surface area contributed by atoms with Gasteiger partial charge in [0.25, 0.3) is 0 Å². The zero-order chi connectivity index (χ0) is 14.5. The predicted molar refractivity (Wildman–Crippen MR) is 80.5 cm³/mol. The van der Waals surface area contributed by atoms with Crippen molar-refractivity contribution in [2.75, 3.05) is 7.11 Å². The second kappa shape index (κ2) is 6.50. The molecule has 20 heavy (non-hydrogen) atoms. The molecule has 0 saturated heterocycles. The van der Waals surface area contributed by atoms with Crippen LogP contribution >= 0.6 is 0 Å². The largest absolute Gasteiger partial charge is 0.496 e. The van der Waals surface area contributed by atoms with Gasteiger partial charge in [0.1, 0.15) is 5.75 Å². The zero-order valence-electron chi connectivity index (χ0n) is 12.2. The maximum atomic E-state index is 5.76. The molecule has 0 aliphatic rings. The van der Waals surface area contributed by atoms with Gasteiger partial charge in [0.05, 0.1) is 13.2 Å². The summed E-state index contributed by atoms with van der Waals surface area (Å²) in [6.45, 7) is 4.14. The number of aromatic nitrogens is 1. The molecule has 2 aromatic rings. The van der Waals surface area contributed by atoms with Crippen molar-refractivity contribution in [3.05, 3.63) is 58.9 Å². The lowest BCUT2D eigenvalue weighted by Crippen LogP contribution is -2.30. The number of nitrogens with zero attached hydrogens (tertiary/aromatic N) is 1. The van der Waals surface area contributed by atoms with E-state index in [0.717, 1.165) is 23.3 Å². The summed E-state index contributed by atoms with van der Waals surface area (Å²) in [5, 5.41) is 0. The van der Waals surface area contributed by atoms with Crippen molar-refractivity contribution >= 4 is 0 Å². The minimum atomic E-state index is -0.00486. The third-order valence-corrected chi connectivity index (χ3v) is 3.43. The second-order valence-corrected chi connectivity index (χ2v) is 4.98. The van der Waals surface area contributed by atoms with Crippen molar-refractivity contribution in [1.29, 1.82) is 0 Å². The lowest BCUT2D eigenvalue weighted by molar-refractivity contribution is 0.398. The van der Waals surface area contributed by atoms with Crippen LogP contribution in [0.25, 0.3) is 0 Å². The SMILES string of the molecule is COc1cc(C)cc(C)c1C(Cc1cccnc1)NN. The molecule has 0 bridgehead atoms. The number of rotatable bonds is 5. The average Bonchev–Trinajstić information content (AvgIpc) is 2.45. The molecule has 2 rings (SSSR count). The first kappa shape index (κ1) is 14.5. The number of aryl methyl sites for hydroxylation is 2. The lowest BCUT2D eigenvalue weighted by Gasteiger charge is -2.22. The minimum Gasteiger partial charge on any atom is -0.496 e. The fourth-order valence-corrected chi connectivity index (χ4v) is 2.55. The number of pyridine rings is 1. The molecule has 0 radical (unpaired) electrons. The molecule has 1 aromatic carbocycles. The van der Waals surface area contributed by atoms with E-state index < -0.39 is 0 Å². The van der Waals surface area contributed by atoms with Crippen molar-refractivity contribution in [2.24, 2.45) is 5.84 Å². The van der Waals surface area contributed by atoms with Gasteiger partial charge in [-0.3, -0.25) is 16.3 Å². The van der Waals surface area contributed by atoms with E-state index in [-0.39, 0.29) is 6.04 Å². The van der Waals surface area contributed by atoms with Crippen molar-refractivity contribution in [3.63, 3.8) is 0 Å². The van der Waals surface area contributed by atoms with E-state index in [4.69, 9.17) is 10.6 Å². The predicted octanol–water partition coefficient (Wildman–Crippen LogP) is 2.45. The molecule has 0 saturated carbocycles. The van der Waals surface area contributed by atoms with Crippen LogP contribution in [0.2, 0.25) is 0 Å². The summed E-state index contributed by atoms with van der Waals surface area (Å²) in [6.07, 6.45) is 4.40. The van der Waals surface area contributed by atoms with Crippen LogP contribution in [0.15, 0.2) is 36.7 Å². The molecule has 4 heteroatoms. The van der Waals surface area contributed by atoms with Gasteiger partial charge in [-0.2, -0.15) is 0 Å². The molecule has 0 aliphatic carbocycles. The van der Waals surface area contributed by atoms with Crippen LogP contribution < -0.4 is 16.0 Å². The molecule has 0 spiro atoms.